The average molecular weight is 208 g/mol. The lowest BCUT2D eigenvalue weighted by molar-refractivity contribution is -0.127. The van der Waals surface area contributed by atoms with Crippen molar-refractivity contribution < 1.29 is 20.4 Å². The molecule has 1 aliphatic carbocycles. The van der Waals surface area contributed by atoms with Crippen LogP contribution in [0.15, 0.2) is 0 Å². The standard InChI is InChI=1S/C5H10.C3H8O2.C2H6O2/c1-2-4-5-3-1;1-3(2,4)5;3-1-2-4/h1-5H2;4-5H,1-2H3;3-4H,1-2H2. The Morgan fingerprint density at radius 3 is 1.00 bits per heavy atom. The third-order valence-electron chi connectivity index (χ3n) is 1.35. The van der Waals surface area contributed by atoms with Crippen LogP contribution in [-0.4, -0.2) is 39.4 Å². The van der Waals surface area contributed by atoms with E-state index in [9.17, 15) is 0 Å². The minimum atomic E-state index is -1.50. The van der Waals surface area contributed by atoms with Gasteiger partial charge in [0.05, 0.1) is 13.2 Å². The Kier molecular flexibility index (Phi) is 12.7. The van der Waals surface area contributed by atoms with E-state index in [-0.39, 0.29) is 13.2 Å². The molecule has 14 heavy (non-hydrogen) atoms. The van der Waals surface area contributed by atoms with Gasteiger partial charge in [-0.15, -0.1) is 0 Å². The van der Waals surface area contributed by atoms with Crippen molar-refractivity contribution >= 4 is 0 Å². The summed E-state index contributed by atoms with van der Waals surface area (Å²) in [5, 5.41) is 31.4. The average Bonchev–Trinajstić information content (AvgIpc) is 2.57. The summed E-state index contributed by atoms with van der Waals surface area (Å²) in [6.45, 7) is 2.35. The molecule has 1 saturated carbocycles. The van der Waals surface area contributed by atoms with Crippen molar-refractivity contribution in [2.24, 2.45) is 0 Å². The highest BCUT2D eigenvalue weighted by Gasteiger charge is 2.00. The lowest BCUT2D eigenvalue weighted by Crippen LogP contribution is -2.15. The zero-order chi connectivity index (χ0) is 11.4. The molecule has 4 heteroatoms. The number of rotatable bonds is 1. The predicted molar refractivity (Wildman–Crippen MR) is 55.8 cm³/mol. The molecule has 1 aliphatic rings. The molecule has 1 fully saturated rings. The molecule has 0 saturated heterocycles. The number of aliphatic hydroxyl groups excluding tert-OH is 2. The Hall–Kier alpha value is -0.160. The second-order valence-electron chi connectivity index (χ2n) is 3.71. The van der Waals surface area contributed by atoms with Gasteiger partial charge in [0.2, 0.25) is 0 Å². The molecule has 0 unspecified atom stereocenters. The van der Waals surface area contributed by atoms with Gasteiger partial charge in [0.15, 0.2) is 5.79 Å². The first-order valence-electron chi connectivity index (χ1n) is 5.08. The zero-order valence-electron chi connectivity index (χ0n) is 9.24. The molecular weight excluding hydrogens is 184 g/mol. The number of aliphatic hydroxyl groups is 4. The summed E-state index contributed by atoms with van der Waals surface area (Å²) in [4.78, 5) is 0. The van der Waals surface area contributed by atoms with E-state index in [1.165, 1.54) is 46.0 Å². The van der Waals surface area contributed by atoms with E-state index in [4.69, 9.17) is 20.4 Å². The first-order valence-corrected chi connectivity index (χ1v) is 5.08. The summed E-state index contributed by atoms with van der Waals surface area (Å²) < 4.78 is 0. The van der Waals surface area contributed by atoms with E-state index < -0.39 is 5.79 Å². The smallest absolute Gasteiger partial charge is 0.156 e. The highest BCUT2D eigenvalue weighted by atomic mass is 16.5. The van der Waals surface area contributed by atoms with Gasteiger partial charge in [0, 0.05) is 0 Å². The summed E-state index contributed by atoms with van der Waals surface area (Å²) in [5.74, 6) is -1.50. The van der Waals surface area contributed by atoms with Crippen LogP contribution >= 0.6 is 0 Å². The molecule has 0 heterocycles. The molecular formula is C10H24O4. The van der Waals surface area contributed by atoms with Crippen molar-refractivity contribution in [3.05, 3.63) is 0 Å². The molecule has 4 N–H and O–H groups in total. The van der Waals surface area contributed by atoms with Gasteiger partial charge in [-0.05, 0) is 13.8 Å². The fraction of sp³-hybridized carbons (Fsp3) is 1.00. The van der Waals surface area contributed by atoms with Crippen LogP contribution in [-0.2, 0) is 0 Å². The van der Waals surface area contributed by atoms with E-state index in [0.29, 0.717) is 0 Å². The Morgan fingerprint density at radius 2 is 0.929 bits per heavy atom. The Morgan fingerprint density at radius 1 is 0.786 bits per heavy atom. The fourth-order valence-electron chi connectivity index (χ4n) is 0.884. The summed E-state index contributed by atoms with van der Waals surface area (Å²) in [6.07, 6.45) is 7.50. The second-order valence-corrected chi connectivity index (χ2v) is 3.71. The van der Waals surface area contributed by atoms with Gasteiger partial charge in [-0.3, -0.25) is 0 Å². The second kappa shape index (κ2) is 10.9. The molecule has 0 aromatic heterocycles. The van der Waals surface area contributed by atoms with Crippen LogP contribution in [0.1, 0.15) is 46.0 Å². The Balaban J connectivity index is 0. The van der Waals surface area contributed by atoms with Gasteiger partial charge in [0.1, 0.15) is 0 Å². The molecule has 0 bridgehead atoms. The third-order valence-corrected chi connectivity index (χ3v) is 1.35. The molecule has 0 aliphatic heterocycles. The van der Waals surface area contributed by atoms with Gasteiger partial charge in [-0.1, -0.05) is 32.1 Å². The maximum absolute atomic E-state index is 8.08. The topological polar surface area (TPSA) is 80.9 Å². The van der Waals surface area contributed by atoms with Crippen LogP contribution in [0.3, 0.4) is 0 Å². The fourth-order valence-corrected chi connectivity index (χ4v) is 0.884. The van der Waals surface area contributed by atoms with Crippen molar-refractivity contribution in [3.8, 4) is 0 Å². The van der Waals surface area contributed by atoms with Crippen molar-refractivity contribution in [2.45, 2.75) is 51.7 Å². The molecule has 0 amide bonds. The summed E-state index contributed by atoms with van der Waals surface area (Å²) in [7, 11) is 0. The van der Waals surface area contributed by atoms with Gasteiger partial charge < -0.3 is 20.4 Å². The summed E-state index contributed by atoms with van der Waals surface area (Å²) >= 11 is 0. The highest BCUT2D eigenvalue weighted by molar-refractivity contribution is 4.51. The quantitative estimate of drug-likeness (QED) is 0.476. The molecule has 0 aromatic carbocycles. The van der Waals surface area contributed by atoms with Crippen molar-refractivity contribution in [3.63, 3.8) is 0 Å². The first-order chi connectivity index (χ1) is 6.41. The van der Waals surface area contributed by atoms with E-state index in [1.54, 1.807) is 0 Å². The van der Waals surface area contributed by atoms with Crippen molar-refractivity contribution in [1.29, 1.82) is 0 Å². The number of hydrogen-bond acceptors (Lipinski definition) is 4. The van der Waals surface area contributed by atoms with Crippen molar-refractivity contribution in [2.75, 3.05) is 13.2 Å². The minimum Gasteiger partial charge on any atom is -0.394 e. The minimum absolute atomic E-state index is 0.125. The van der Waals surface area contributed by atoms with Gasteiger partial charge in [-0.25, -0.2) is 0 Å². The lowest BCUT2D eigenvalue weighted by atomic mass is 10.4. The Bertz CT molecular complexity index is 79.2. The SMILES string of the molecule is C1CCCC1.CC(C)(O)O.OCCO. The molecule has 88 valence electrons. The first kappa shape index (κ1) is 16.3. The van der Waals surface area contributed by atoms with Crippen LogP contribution in [0, 0.1) is 0 Å². The van der Waals surface area contributed by atoms with Gasteiger partial charge in [0.25, 0.3) is 0 Å². The van der Waals surface area contributed by atoms with Crippen LogP contribution in [0.4, 0.5) is 0 Å². The van der Waals surface area contributed by atoms with E-state index in [1.807, 2.05) is 0 Å². The van der Waals surface area contributed by atoms with Gasteiger partial charge >= 0.3 is 0 Å². The molecule has 0 aromatic rings. The van der Waals surface area contributed by atoms with Crippen LogP contribution < -0.4 is 0 Å². The summed E-state index contributed by atoms with van der Waals surface area (Å²) in [5.41, 5.74) is 0. The normalized spacial score (nSPS) is 15.0. The zero-order valence-corrected chi connectivity index (χ0v) is 9.24. The van der Waals surface area contributed by atoms with E-state index in [0.717, 1.165) is 0 Å². The maximum atomic E-state index is 8.08. The third kappa shape index (κ3) is 40.8. The largest absolute Gasteiger partial charge is 0.394 e. The Labute approximate surface area is 86.2 Å². The summed E-state index contributed by atoms with van der Waals surface area (Å²) in [6, 6.07) is 0. The predicted octanol–water partition coefficient (Wildman–Crippen LogP) is 0.629. The molecule has 0 atom stereocenters. The number of hydrogen-bond donors (Lipinski definition) is 4. The maximum Gasteiger partial charge on any atom is 0.156 e. The van der Waals surface area contributed by atoms with Crippen LogP contribution in [0.2, 0.25) is 0 Å². The molecule has 0 spiro atoms. The van der Waals surface area contributed by atoms with Gasteiger partial charge in [-0.2, -0.15) is 0 Å². The van der Waals surface area contributed by atoms with Crippen LogP contribution in [0.5, 0.6) is 0 Å². The molecule has 1 rings (SSSR count). The molecule has 4 nitrogen and oxygen atoms in total. The van der Waals surface area contributed by atoms with Crippen LogP contribution in [0.25, 0.3) is 0 Å². The lowest BCUT2D eigenvalue weighted by Gasteiger charge is -2.03. The highest BCUT2D eigenvalue weighted by Crippen LogP contribution is 2.15. The van der Waals surface area contributed by atoms with Crippen molar-refractivity contribution in [1.82, 2.24) is 0 Å². The monoisotopic (exact) mass is 208 g/mol. The van der Waals surface area contributed by atoms with E-state index >= 15 is 0 Å². The molecule has 0 radical (unpaired) electrons. The van der Waals surface area contributed by atoms with E-state index in [2.05, 4.69) is 0 Å².